The lowest BCUT2D eigenvalue weighted by Gasteiger charge is -2.32. The van der Waals surface area contributed by atoms with E-state index in [0.717, 1.165) is 4.31 Å². The first-order valence-electron chi connectivity index (χ1n) is 13.1. The Bertz CT molecular complexity index is 1450. The highest BCUT2D eigenvalue weighted by Crippen LogP contribution is 2.33. The third-order valence-corrected chi connectivity index (χ3v) is 8.20. The van der Waals surface area contributed by atoms with Crippen molar-refractivity contribution in [2.75, 3.05) is 31.6 Å². The number of carbonyl (C=O) groups is 2. The van der Waals surface area contributed by atoms with Gasteiger partial charge in [0.1, 0.15) is 29.9 Å². The van der Waals surface area contributed by atoms with Crippen molar-refractivity contribution in [2.45, 2.75) is 38.3 Å². The molecule has 1 N–H and O–H groups in total. The van der Waals surface area contributed by atoms with Gasteiger partial charge in [-0.25, -0.2) is 12.8 Å². The van der Waals surface area contributed by atoms with Gasteiger partial charge in [0, 0.05) is 18.7 Å². The van der Waals surface area contributed by atoms with Gasteiger partial charge in [-0.3, -0.25) is 13.9 Å². The zero-order chi connectivity index (χ0) is 30.2. The average molecular weight is 586 g/mol. The molecule has 0 aliphatic heterocycles. The minimum atomic E-state index is -4.31. The molecule has 0 aliphatic rings. The normalized spacial score (nSPS) is 12.0. The van der Waals surface area contributed by atoms with Gasteiger partial charge in [-0.15, -0.1) is 0 Å². The molecule has 0 aromatic heterocycles. The van der Waals surface area contributed by atoms with E-state index in [0.29, 0.717) is 12.3 Å². The van der Waals surface area contributed by atoms with Gasteiger partial charge in [0.25, 0.3) is 10.0 Å². The molecule has 41 heavy (non-hydrogen) atoms. The van der Waals surface area contributed by atoms with Crippen molar-refractivity contribution in [1.29, 1.82) is 0 Å². The van der Waals surface area contributed by atoms with Crippen molar-refractivity contribution in [3.05, 3.63) is 84.2 Å². The molecule has 3 rings (SSSR count). The number of benzene rings is 3. The molecular formula is C30H36FN3O6S. The Balaban J connectivity index is 2.06. The minimum Gasteiger partial charge on any atom is -0.497 e. The third kappa shape index (κ3) is 7.75. The maximum Gasteiger partial charge on any atom is 0.264 e. The molecule has 0 aliphatic carbocycles. The number of nitrogens with one attached hydrogen (secondary N) is 1. The van der Waals surface area contributed by atoms with E-state index < -0.39 is 40.2 Å². The molecule has 0 radical (unpaired) electrons. The maximum atomic E-state index is 14.7. The van der Waals surface area contributed by atoms with Crippen LogP contribution < -0.4 is 19.1 Å². The van der Waals surface area contributed by atoms with Crippen molar-refractivity contribution in [2.24, 2.45) is 5.92 Å². The molecular weight excluding hydrogens is 549 g/mol. The largest absolute Gasteiger partial charge is 0.497 e. The van der Waals surface area contributed by atoms with Crippen LogP contribution >= 0.6 is 0 Å². The Morgan fingerprint density at radius 1 is 0.902 bits per heavy atom. The van der Waals surface area contributed by atoms with Crippen LogP contribution in [0.1, 0.15) is 26.3 Å². The van der Waals surface area contributed by atoms with E-state index >= 15 is 0 Å². The number of methoxy groups -OCH3 is 2. The number of hydrogen-bond acceptors (Lipinski definition) is 6. The number of anilines is 1. The van der Waals surface area contributed by atoms with Crippen molar-refractivity contribution < 1.29 is 31.9 Å². The number of sulfonamides is 1. The number of hydrogen-bond donors (Lipinski definition) is 1. The summed E-state index contributed by atoms with van der Waals surface area (Å²) in [5, 5.41) is 2.80. The summed E-state index contributed by atoms with van der Waals surface area (Å²) >= 11 is 0. The highest BCUT2D eigenvalue weighted by atomic mass is 32.2. The van der Waals surface area contributed by atoms with Gasteiger partial charge in [0.05, 0.1) is 24.8 Å². The molecule has 3 aromatic carbocycles. The van der Waals surface area contributed by atoms with Crippen LogP contribution in [0.5, 0.6) is 11.5 Å². The summed E-state index contributed by atoms with van der Waals surface area (Å²) in [5.41, 5.74) is 0.313. The standard InChI is InChI=1S/C30H36FN3O6S/c1-21(2)18-32-30(36)22(3)33(19-23-10-6-7-11-26(23)31)29(35)20-34(27-12-8-9-13-28(27)40-5)41(37,38)25-16-14-24(39-4)15-17-25/h6-17,21-22H,18-20H2,1-5H3,(H,32,36)/t22-/m1/s1. The Morgan fingerprint density at radius 2 is 1.54 bits per heavy atom. The first-order chi connectivity index (χ1) is 19.5. The van der Waals surface area contributed by atoms with Crippen LogP contribution in [0, 0.1) is 11.7 Å². The summed E-state index contributed by atoms with van der Waals surface area (Å²) < 4.78 is 54.1. The molecule has 220 valence electrons. The van der Waals surface area contributed by atoms with E-state index in [1.54, 1.807) is 24.3 Å². The number of carbonyl (C=O) groups excluding carboxylic acids is 2. The van der Waals surface area contributed by atoms with E-state index in [2.05, 4.69) is 5.32 Å². The van der Waals surface area contributed by atoms with E-state index in [1.807, 2.05) is 13.8 Å². The minimum absolute atomic E-state index is 0.0830. The smallest absolute Gasteiger partial charge is 0.264 e. The molecule has 0 fully saturated rings. The number of rotatable bonds is 13. The maximum absolute atomic E-state index is 14.7. The topological polar surface area (TPSA) is 105 Å². The molecule has 1 atom stereocenters. The zero-order valence-corrected chi connectivity index (χ0v) is 24.7. The van der Waals surface area contributed by atoms with Crippen LogP contribution in [-0.2, 0) is 26.2 Å². The summed E-state index contributed by atoms with van der Waals surface area (Å²) in [6, 6.07) is 17.0. The summed E-state index contributed by atoms with van der Waals surface area (Å²) in [4.78, 5) is 28.1. The van der Waals surface area contributed by atoms with E-state index in [4.69, 9.17) is 9.47 Å². The molecule has 0 bridgehead atoms. The van der Waals surface area contributed by atoms with Crippen molar-refractivity contribution in [3.8, 4) is 11.5 Å². The molecule has 0 saturated carbocycles. The van der Waals surface area contributed by atoms with Crippen LogP contribution in [0.3, 0.4) is 0 Å². The Labute approximate surface area is 240 Å². The van der Waals surface area contributed by atoms with Gasteiger partial charge in [-0.2, -0.15) is 0 Å². The van der Waals surface area contributed by atoms with E-state index in [9.17, 15) is 22.4 Å². The number of para-hydroxylation sites is 2. The molecule has 11 heteroatoms. The molecule has 0 spiro atoms. The fraction of sp³-hybridized carbons (Fsp3) is 0.333. The lowest BCUT2D eigenvalue weighted by molar-refractivity contribution is -0.139. The first-order valence-corrected chi connectivity index (χ1v) is 14.5. The van der Waals surface area contributed by atoms with Crippen molar-refractivity contribution in [3.63, 3.8) is 0 Å². The van der Waals surface area contributed by atoms with Gasteiger partial charge < -0.3 is 19.7 Å². The summed E-state index contributed by atoms with van der Waals surface area (Å²) in [6.45, 7) is 4.85. The molecule has 0 unspecified atom stereocenters. The fourth-order valence-electron chi connectivity index (χ4n) is 4.07. The Hall–Kier alpha value is -4.12. The predicted octanol–water partition coefficient (Wildman–Crippen LogP) is 4.23. The zero-order valence-electron chi connectivity index (χ0n) is 23.8. The van der Waals surface area contributed by atoms with Crippen LogP contribution in [0.15, 0.2) is 77.7 Å². The summed E-state index contributed by atoms with van der Waals surface area (Å²) in [7, 11) is -1.46. The van der Waals surface area contributed by atoms with Crippen LogP contribution in [0.4, 0.5) is 10.1 Å². The van der Waals surface area contributed by atoms with Crippen molar-refractivity contribution >= 4 is 27.5 Å². The monoisotopic (exact) mass is 585 g/mol. The highest BCUT2D eigenvalue weighted by Gasteiger charge is 2.34. The second kappa shape index (κ2) is 14.0. The second-order valence-corrected chi connectivity index (χ2v) is 11.6. The average Bonchev–Trinajstić information content (AvgIpc) is 2.97. The lowest BCUT2D eigenvalue weighted by atomic mass is 10.1. The molecule has 3 aromatic rings. The van der Waals surface area contributed by atoms with Crippen molar-refractivity contribution in [1.82, 2.24) is 10.2 Å². The second-order valence-electron chi connectivity index (χ2n) is 9.79. The summed E-state index contributed by atoms with van der Waals surface area (Å²) in [6.07, 6.45) is 0. The quantitative estimate of drug-likeness (QED) is 0.322. The molecule has 0 heterocycles. The first kappa shape index (κ1) is 31.4. The number of ether oxygens (including phenoxy) is 2. The van der Waals surface area contributed by atoms with Crippen LogP contribution in [0.2, 0.25) is 0 Å². The number of amides is 2. The predicted molar refractivity (Wildman–Crippen MR) is 155 cm³/mol. The highest BCUT2D eigenvalue weighted by molar-refractivity contribution is 7.92. The van der Waals surface area contributed by atoms with Gasteiger partial charge in [0.15, 0.2) is 0 Å². The van der Waals surface area contributed by atoms with Gasteiger partial charge in [0.2, 0.25) is 11.8 Å². The third-order valence-electron chi connectivity index (χ3n) is 6.43. The van der Waals surface area contributed by atoms with E-state index in [-0.39, 0.29) is 34.4 Å². The van der Waals surface area contributed by atoms with Gasteiger partial charge in [-0.1, -0.05) is 44.2 Å². The van der Waals surface area contributed by atoms with E-state index in [1.165, 1.54) is 74.6 Å². The number of nitrogens with zero attached hydrogens (tertiary/aromatic N) is 2. The lowest BCUT2D eigenvalue weighted by Crippen LogP contribution is -2.51. The fourth-order valence-corrected chi connectivity index (χ4v) is 5.49. The summed E-state index contributed by atoms with van der Waals surface area (Å²) in [5.74, 6) is -0.847. The Morgan fingerprint density at radius 3 is 2.15 bits per heavy atom. The molecule has 2 amide bonds. The van der Waals surface area contributed by atoms with Crippen LogP contribution in [-0.4, -0.2) is 58.5 Å². The van der Waals surface area contributed by atoms with Gasteiger partial charge >= 0.3 is 0 Å². The number of halogens is 1. The molecule has 9 nitrogen and oxygen atoms in total. The molecule has 0 saturated heterocycles. The van der Waals surface area contributed by atoms with Gasteiger partial charge in [-0.05, 0) is 55.3 Å². The SMILES string of the molecule is COc1ccc(S(=O)(=O)N(CC(=O)N(Cc2ccccc2F)[C@H](C)C(=O)NCC(C)C)c2ccccc2OC)cc1. The Kier molecular flexibility index (Phi) is 10.7. The van der Waals surface area contributed by atoms with Crippen LogP contribution in [0.25, 0.3) is 0 Å².